The maximum Gasteiger partial charge on any atom is 0.343 e. The van der Waals surface area contributed by atoms with Gasteiger partial charge in [0.15, 0.2) is 0 Å². The molecule has 2 N–H and O–H groups in total. The van der Waals surface area contributed by atoms with Gasteiger partial charge in [0.1, 0.15) is 5.75 Å². The van der Waals surface area contributed by atoms with Crippen molar-refractivity contribution in [1.82, 2.24) is 5.43 Å². The van der Waals surface area contributed by atoms with E-state index in [1.165, 1.54) is 6.21 Å². The maximum atomic E-state index is 12.2. The Hall–Kier alpha value is -4.30. The van der Waals surface area contributed by atoms with E-state index in [4.69, 9.17) is 4.74 Å². The molecule has 0 bridgehead atoms. The number of fused-ring (bicyclic) bond motifs is 1. The van der Waals surface area contributed by atoms with E-state index in [0.717, 1.165) is 15.2 Å². The summed E-state index contributed by atoms with van der Waals surface area (Å²) < 4.78 is 6.20. The van der Waals surface area contributed by atoms with Crippen LogP contribution in [0.25, 0.3) is 10.8 Å². The number of rotatable bonds is 5. The summed E-state index contributed by atoms with van der Waals surface area (Å²) in [6, 6.07) is 26.3. The summed E-state index contributed by atoms with van der Waals surface area (Å²) in [5.74, 6) is -1.84. The van der Waals surface area contributed by atoms with Crippen molar-refractivity contribution in [1.29, 1.82) is 0 Å². The molecular weight excluding hydrogens is 498 g/mol. The van der Waals surface area contributed by atoms with E-state index in [0.29, 0.717) is 22.6 Å². The van der Waals surface area contributed by atoms with Crippen LogP contribution in [-0.4, -0.2) is 24.0 Å². The van der Waals surface area contributed by atoms with Gasteiger partial charge in [0, 0.05) is 15.5 Å². The first-order chi connectivity index (χ1) is 16.5. The highest BCUT2D eigenvalue weighted by Crippen LogP contribution is 2.22. The van der Waals surface area contributed by atoms with Crippen LogP contribution in [-0.2, 0) is 9.59 Å². The quantitative estimate of drug-likeness (QED) is 0.130. The molecule has 4 aromatic carbocycles. The molecule has 4 aromatic rings. The number of hydrogen-bond acceptors (Lipinski definition) is 5. The van der Waals surface area contributed by atoms with Gasteiger partial charge in [-0.2, -0.15) is 5.10 Å². The van der Waals surface area contributed by atoms with E-state index >= 15 is 0 Å². The van der Waals surface area contributed by atoms with Crippen molar-refractivity contribution in [2.45, 2.75) is 0 Å². The summed E-state index contributed by atoms with van der Waals surface area (Å²) in [6.07, 6.45) is 1.38. The van der Waals surface area contributed by atoms with Crippen molar-refractivity contribution < 1.29 is 19.1 Å². The topological polar surface area (TPSA) is 96.9 Å². The van der Waals surface area contributed by atoms with Crippen LogP contribution in [0.5, 0.6) is 5.75 Å². The summed E-state index contributed by atoms with van der Waals surface area (Å²) in [7, 11) is 0. The van der Waals surface area contributed by atoms with Crippen molar-refractivity contribution in [2.75, 3.05) is 5.32 Å². The fraction of sp³-hybridized carbons (Fsp3) is 0. The summed E-state index contributed by atoms with van der Waals surface area (Å²) in [4.78, 5) is 36.5. The predicted octanol–water partition coefficient (Wildman–Crippen LogP) is 4.91. The summed E-state index contributed by atoms with van der Waals surface area (Å²) in [5, 5.41) is 8.19. The third kappa shape index (κ3) is 5.73. The molecule has 0 unspecified atom stereocenters. The zero-order chi connectivity index (χ0) is 23.9. The van der Waals surface area contributed by atoms with Crippen molar-refractivity contribution >= 4 is 56.4 Å². The Morgan fingerprint density at radius 2 is 1.50 bits per heavy atom. The van der Waals surface area contributed by atoms with Gasteiger partial charge in [-0.15, -0.1) is 0 Å². The number of hydrazone groups is 1. The summed E-state index contributed by atoms with van der Waals surface area (Å²) in [5.41, 5.74) is 3.81. The first-order valence-electron chi connectivity index (χ1n) is 10.2. The summed E-state index contributed by atoms with van der Waals surface area (Å²) >= 11 is 3.32. The third-order valence-corrected chi connectivity index (χ3v) is 5.32. The second-order valence-electron chi connectivity index (χ2n) is 7.15. The minimum Gasteiger partial charge on any atom is -0.423 e. The molecule has 34 heavy (non-hydrogen) atoms. The number of esters is 1. The highest BCUT2D eigenvalue weighted by molar-refractivity contribution is 9.10. The highest BCUT2D eigenvalue weighted by Gasteiger charge is 2.14. The lowest BCUT2D eigenvalue weighted by atomic mass is 10.1. The van der Waals surface area contributed by atoms with Crippen LogP contribution in [0.1, 0.15) is 15.9 Å². The van der Waals surface area contributed by atoms with Crippen LogP contribution in [0.4, 0.5) is 5.69 Å². The maximum absolute atomic E-state index is 12.2. The molecule has 0 saturated carbocycles. The van der Waals surface area contributed by atoms with Crippen LogP contribution in [0.15, 0.2) is 101 Å². The Balaban J connectivity index is 1.31. The van der Waals surface area contributed by atoms with Gasteiger partial charge < -0.3 is 10.1 Å². The Kier molecular flexibility index (Phi) is 7.10. The molecule has 0 aliphatic rings. The van der Waals surface area contributed by atoms with Gasteiger partial charge in [0.25, 0.3) is 0 Å². The number of anilines is 1. The molecule has 0 heterocycles. The van der Waals surface area contributed by atoms with Crippen LogP contribution in [0.3, 0.4) is 0 Å². The Bertz CT molecular complexity index is 1380. The number of hydrogen-bond donors (Lipinski definition) is 2. The molecule has 2 amide bonds. The molecule has 0 aliphatic carbocycles. The minimum atomic E-state index is -0.899. The molecule has 168 valence electrons. The molecule has 0 aromatic heterocycles. The fourth-order valence-electron chi connectivity index (χ4n) is 3.10. The first-order valence-corrected chi connectivity index (χ1v) is 11.0. The van der Waals surface area contributed by atoms with Crippen LogP contribution >= 0.6 is 15.9 Å². The SMILES string of the molecule is O=C(N/N=C\c1ccc(OC(=O)c2ccc(Br)cc2)cc1)C(=O)Nc1cccc2ccccc12. The van der Waals surface area contributed by atoms with E-state index in [9.17, 15) is 14.4 Å². The van der Waals surface area contributed by atoms with Gasteiger partial charge in [0.2, 0.25) is 0 Å². The number of nitrogens with one attached hydrogen (secondary N) is 2. The molecule has 0 fully saturated rings. The van der Waals surface area contributed by atoms with Crippen LogP contribution in [0, 0.1) is 0 Å². The first kappa shape index (κ1) is 22.9. The van der Waals surface area contributed by atoms with Gasteiger partial charge in [-0.1, -0.05) is 52.3 Å². The van der Waals surface area contributed by atoms with Crippen LogP contribution < -0.4 is 15.5 Å². The van der Waals surface area contributed by atoms with Gasteiger partial charge in [-0.05, 0) is 65.5 Å². The normalized spacial score (nSPS) is 10.7. The number of benzene rings is 4. The van der Waals surface area contributed by atoms with Crippen molar-refractivity contribution in [3.8, 4) is 5.75 Å². The number of halogens is 1. The predicted molar refractivity (Wildman–Crippen MR) is 134 cm³/mol. The Labute approximate surface area is 203 Å². The van der Waals surface area contributed by atoms with E-state index in [2.05, 4.69) is 31.8 Å². The molecule has 0 spiro atoms. The number of ether oxygens (including phenoxy) is 1. The lowest BCUT2D eigenvalue weighted by Gasteiger charge is -2.07. The van der Waals surface area contributed by atoms with Gasteiger partial charge in [-0.25, -0.2) is 10.2 Å². The molecule has 0 atom stereocenters. The van der Waals surface area contributed by atoms with E-state index in [-0.39, 0.29) is 0 Å². The smallest absolute Gasteiger partial charge is 0.343 e. The van der Waals surface area contributed by atoms with Crippen LogP contribution in [0.2, 0.25) is 0 Å². The lowest BCUT2D eigenvalue weighted by molar-refractivity contribution is -0.136. The third-order valence-electron chi connectivity index (χ3n) is 4.79. The van der Waals surface area contributed by atoms with E-state index < -0.39 is 17.8 Å². The molecule has 4 rings (SSSR count). The number of carbonyl (C=O) groups excluding carboxylic acids is 3. The number of nitrogens with zero attached hydrogens (tertiary/aromatic N) is 1. The lowest BCUT2D eigenvalue weighted by Crippen LogP contribution is -2.32. The summed E-state index contributed by atoms with van der Waals surface area (Å²) in [6.45, 7) is 0. The van der Waals surface area contributed by atoms with Gasteiger partial charge in [0.05, 0.1) is 11.8 Å². The fourth-order valence-corrected chi connectivity index (χ4v) is 3.37. The van der Waals surface area contributed by atoms with Crippen molar-refractivity contribution in [3.05, 3.63) is 107 Å². The Morgan fingerprint density at radius 3 is 2.26 bits per heavy atom. The monoisotopic (exact) mass is 515 g/mol. The van der Waals surface area contributed by atoms with E-state index in [1.807, 2.05) is 30.3 Å². The molecule has 0 saturated heterocycles. The second kappa shape index (κ2) is 10.5. The average Bonchev–Trinajstić information content (AvgIpc) is 2.85. The van der Waals surface area contributed by atoms with Gasteiger partial charge in [-0.3, -0.25) is 9.59 Å². The molecule has 7 nitrogen and oxygen atoms in total. The molecule has 8 heteroatoms. The number of carbonyl (C=O) groups is 3. The molecule has 0 aliphatic heterocycles. The number of amides is 2. The standard InChI is InChI=1S/C26H18BrN3O4/c27-20-12-10-19(11-13-20)26(33)34-21-14-8-17(9-15-21)16-28-30-25(32)24(31)29-23-7-3-5-18-4-1-2-6-22(18)23/h1-16H,(H,29,31)(H,30,32)/b28-16-. The van der Waals surface area contributed by atoms with Gasteiger partial charge >= 0.3 is 17.8 Å². The zero-order valence-electron chi connectivity index (χ0n) is 17.7. The molecular formula is C26H18BrN3O4. The molecule has 0 radical (unpaired) electrons. The Morgan fingerprint density at radius 1 is 0.794 bits per heavy atom. The minimum absolute atomic E-state index is 0.364. The van der Waals surface area contributed by atoms with E-state index in [1.54, 1.807) is 60.7 Å². The highest BCUT2D eigenvalue weighted by atomic mass is 79.9. The van der Waals surface area contributed by atoms with Crippen molar-refractivity contribution in [3.63, 3.8) is 0 Å². The largest absolute Gasteiger partial charge is 0.423 e. The zero-order valence-corrected chi connectivity index (χ0v) is 19.3. The second-order valence-corrected chi connectivity index (χ2v) is 8.06. The average molecular weight is 516 g/mol. The van der Waals surface area contributed by atoms with Crippen molar-refractivity contribution in [2.24, 2.45) is 5.10 Å².